The van der Waals surface area contributed by atoms with Crippen LogP contribution < -0.4 is 5.32 Å². The minimum absolute atomic E-state index is 0.0254. The van der Waals surface area contributed by atoms with Gasteiger partial charge >= 0.3 is 5.97 Å². The van der Waals surface area contributed by atoms with E-state index in [1.807, 2.05) is 11.4 Å². The maximum Gasteiger partial charge on any atom is 0.330 e. The summed E-state index contributed by atoms with van der Waals surface area (Å²) in [7, 11) is 0. The molecule has 0 radical (unpaired) electrons. The van der Waals surface area contributed by atoms with E-state index in [2.05, 4.69) is 5.32 Å². The Labute approximate surface area is 155 Å². The molecule has 0 spiro atoms. The Morgan fingerprint density at radius 1 is 1.15 bits per heavy atom. The van der Waals surface area contributed by atoms with E-state index in [4.69, 9.17) is 0 Å². The Morgan fingerprint density at radius 3 is 2.65 bits per heavy atom. The number of rotatable bonds is 6. The topological polar surface area (TPSA) is 86.7 Å². The molecule has 2 N–H and O–H groups in total. The number of nitrogens with one attached hydrogen (secondary N) is 1. The van der Waals surface area contributed by atoms with Crippen molar-refractivity contribution in [2.24, 2.45) is 0 Å². The van der Waals surface area contributed by atoms with E-state index in [1.54, 1.807) is 46.6 Å². The second-order valence-electron chi connectivity index (χ2n) is 6.18. The summed E-state index contributed by atoms with van der Waals surface area (Å²) >= 11 is 1.71. The molecule has 1 aromatic heterocycles. The van der Waals surface area contributed by atoms with Crippen LogP contribution in [0.15, 0.2) is 41.8 Å². The zero-order chi connectivity index (χ0) is 18.5. The number of benzene rings is 1. The molecular formula is C19H20N2O4S. The number of carbonyl (C=O) groups excluding carboxylic acids is 2. The van der Waals surface area contributed by atoms with Gasteiger partial charge in [0.1, 0.15) is 0 Å². The Morgan fingerprint density at radius 2 is 1.92 bits per heavy atom. The van der Waals surface area contributed by atoms with Gasteiger partial charge in [-0.3, -0.25) is 9.59 Å². The number of hydrogen-bond acceptors (Lipinski definition) is 4. The van der Waals surface area contributed by atoms with Crippen LogP contribution in [0.2, 0.25) is 0 Å². The molecule has 7 heteroatoms. The SMILES string of the molecule is O=C(CCC(=O)N1CCc2sccc2C1)N[C@@H](C(=O)O)c1ccccc1. The quantitative estimate of drug-likeness (QED) is 0.815. The number of carbonyl (C=O) groups is 3. The number of nitrogens with zero attached hydrogens (tertiary/aromatic N) is 1. The molecular weight excluding hydrogens is 352 g/mol. The van der Waals surface area contributed by atoms with Gasteiger partial charge in [-0.2, -0.15) is 0 Å². The molecule has 0 aliphatic carbocycles. The van der Waals surface area contributed by atoms with Crippen molar-refractivity contribution in [2.45, 2.75) is 31.8 Å². The van der Waals surface area contributed by atoms with Crippen LogP contribution in [-0.2, 0) is 27.3 Å². The van der Waals surface area contributed by atoms with Crippen molar-refractivity contribution in [1.82, 2.24) is 10.2 Å². The van der Waals surface area contributed by atoms with Crippen molar-refractivity contribution in [1.29, 1.82) is 0 Å². The van der Waals surface area contributed by atoms with Gasteiger partial charge in [0.05, 0.1) is 0 Å². The smallest absolute Gasteiger partial charge is 0.330 e. The first-order valence-electron chi connectivity index (χ1n) is 8.44. The first-order valence-corrected chi connectivity index (χ1v) is 9.32. The molecule has 2 heterocycles. The van der Waals surface area contributed by atoms with Crippen molar-refractivity contribution in [2.75, 3.05) is 6.54 Å². The van der Waals surface area contributed by atoms with Gasteiger partial charge in [0, 0.05) is 30.8 Å². The largest absolute Gasteiger partial charge is 0.479 e. The number of amides is 2. The summed E-state index contributed by atoms with van der Waals surface area (Å²) in [5.74, 6) is -1.65. The molecule has 26 heavy (non-hydrogen) atoms. The van der Waals surface area contributed by atoms with E-state index in [0.717, 1.165) is 6.42 Å². The zero-order valence-electron chi connectivity index (χ0n) is 14.2. The summed E-state index contributed by atoms with van der Waals surface area (Å²) in [6, 6.07) is 9.44. The standard InChI is InChI=1S/C19H20N2O4S/c22-16(20-18(19(24)25)13-4-2-1-3-5-13)6-7-17(23)21-10-8-15-14(12-21)9-11-26-15/h1-5,9,11,18H,6-8,10,12H2,(H,20,22)(H,24,25)/t18-/m1/s1. The third-order valence-electron chi connectivity index (χ3n) is 4.41. The Kier molecular flexibility index (Phi) is 5.68. The average molecular weight is 372 g/mol. The summed E-state index contributed by atoms with van der Waals surface area (Å²) < 4.78 is 0. The van der Waals surface area contributed by atoms with E-state index in [1.165, 1.54) is 10.4 Å². The first kappa shape index (κ1) is 18.1. The molecule has 0 saturated heterocycles. The lowest BCUT2D eigenvalue weighted by Gasteiger charge is -2.27. The predicted molar refractivity (Wildman–Crippen MR) is 97.6 cm³/mol. The minimum Gasteiger partial charge on any atom is -0.479 e. The molecule has 1 aliphatic heterocycles. The van der Waals surface area contributed by atoms with Crippen LogP contribution in [-0.4, -0.2) is 34.3 Å². The number of aliphatic carboxylic acids is 1. The monoisotopic (exact) mass is 372 g/mol. The maximum atomic E-state index is 12.4. The van der Waals surface area contributed by atoms with E-state index in [0.29, 0.717) is 18.7 Å². The van der Waals surface area contributed by atoms with Gasteiger partial charge in [-0.15, -0.1) is 11.3 Å². The molecule has 1 aliphatic rings. The van der Waals surface area contributed by atoms with Gasteiger partial charge in [0.2, 0.25) is 11.8 Å². The van der Waals surface area contributed by atoms with E-state index < -0.39 is 17.9 Å². The van der Waals surface area contributed by atoms with Crippen LogP contribution in [0.4, 0.5) is 0 Å². The summed E-state index contributed by atoms with van der Waals surface area (Å²) in [5.41, 5.74) is 1.68. The number of fused-ring (bicyclic) bond motifs is 1. The summed E-state index contributed by atoms with van der Waals surface area (Å²) in [6.07, 6.45) is 0.898. The number of hydrogen-bond donors (Lipinski definition) is 2. The highest BCUT2D eigenvalue weighted by Gasteiger charge is 2.24. The Bertz CT molecular complexity index is 803. The summed E-state index contributed by atoms with van der Waals surface area (Å²) in [4.78, 5) is 39.0. The highest BCUT2D eigenvalue weighted by molar-refractivity contribution is 7.10. The highest BCUT2D eigenvalue weighted by Crippen LogP contribution is 2.24. The molecule has 136 valence electrons. The lowest BCUT2D eigenvalue weighted by molar-refractivity contribution is -0.142. The van der Waals surface area contributed by atoms with Gasteiger partial charge in [0.15, 0.2) is 6.04 Å². The lowest BCUT2D eigenvalue weighted by Crippen LogP contribution is -2.37. The predicted octanol–water partition coefficient (Wildman–Crippen LogP) is 2.36. The fraction of sp³-hybridized carbons (Fsp3) is 0.316. The van der Waals surface area contributed by atoms with Crippen molar-refractivity contribution < 1.29 is 19.5 Å². The van der Waals surface area contributed by atoms with Gasteiger partial charge < -0.3 is 15.3 Å². The minimum atomic E-state index is -1.13. The van der Waals surface area contributed by atoms with Crippen molar-refractivity contribution in [3.8, 4) is 0 Å². The van der Waals surface area contributed by atoms with Crippen molar-refractivity contribution >= 4 is 29.1 Å². The number of thiophene rings is 1. The zero-order valence-corrected chi connectivity index (χ0v) is 15.0. The summed E-state index contributed by atoms with van der Waals surface area (Å²) in [6.45, 7) is 1.25. The fourth-order valence-corrected chi connectivity index (χ4v) is 3.90. The van der Waals surface area contributed by atoms with E-state index in [9.17, 15) is 19.5 Å². The van der Waals surface area contributed by atoms with E-state index >= 15 is 0 Å². The molecule has 6 nitrogen and oxygen atoms in total. The molecule has 0 saturated carbocycles. The molecule has 0 bridgehead atoms. The second kappa shape index (κ2) is 8.14. The fourth-order valence-electron chi connectivity index (χ4n) is 3.01. The highest BCUT2D eigenvalue weighted by atomic mass is 32.1. The Balaban J connectivity index is 1.52. The summed E-state index contributed by atoms with van der Waals surface area (Å²) in [5, 5.41) is 13.9. The molecule has 0 unspecified atom stereocenters. The number of carboxylic acids is 1. The van der Waals surface area contributed by atoms with Gasteiger partial charge in [-0.05, 0) is 29.0 Å². The van der Waals surface area contributed by atoms with Gasteiger partial charge in [0.25, 0.3) is 0 Å². The van der Waals surface area contributed by atoms with Crippen molar-refractivity contribution in [3.05, 3.63) is 57.8 Å². The average Bonchev–Trinajstić information content (AvgIpc) is 3.12. The van der Waals surface area contributed by atoms with Crippen LogP contribution in [0, 0.1) is 0 Å². The Hall–Kier alpha value is -2.67. The van der Waals surface area contributed by atoms with Crippen LogP contribution in [0.3, 0.4) is 0 Å². The molecule has 1 atom stereocenters. The molecule has 2 amide bonds. The van der Waals surface area contributed by atoms with Gasteiger partial charge in [-0.1, -0.05) is 30.3 Å². The maximum absolute atomic E-state index is 12.4. The third-order valence-corrected chi connectivity index (χ3v) is 5.43. The van der Waals surface area contributed by atoms with E-state index in [-0.39, 0.29) is 18.7 Å². The van der Waals surface area contributed by atoms with Crippen LogP contribution in [0.25, 0.3) is 0 Å². The van der Waals surface area contributed by atoms with Crippen LogP contribution in [0.1, 0.15) is 34.9 Å². The van der Waals surface area contributed by atoms with Crippen LogP contribution >= 0.6 is 11.3 Å². The molecule has 2 aromatic rings. The third kappa shape index (κ3) is 4.29. The lowest BCUT2D eigenvalue weighted by atomic mass is 10.1. The van der Waals surface area contributed by atoms with Crippen LogP contribution in [0.5, 0.6) is 0 Å². The van der Waals surface area contributed by atoms with Gasteiger partial charge in [-0.25, -0.2) is 4.79 Å². The molecule has 1 aromatic carbocycles. The second-order valence-corrected chi connectivity index (χ2v) is 7.18. The van der Waals surface area contributed by atoms with Crippen molar-refractivity contribution in [3.63, 3.8) is 0 Å². The molecule has 3 rings (SSSR count). The normalized spacial score (nSPS) is 14.4. The molecule has 0 fully saturated rings. The number of carboxylic acid groups (broad SMARTS) is 1. The first-order chi connectivity index (χ1) is 12.5.